The molecule has 0 spiro atoms. The Morgan fingerprint density at radius 3 is 3.00 bits per heavy atom. The van der Waals surface area contributed by atoms with Gasteiger partial charge in [-0.1, -0.05) is 35.8 Å². The van der Waals surface area contributed by atoms with E-state index in [2.05, 4.69) is 10.5 Å². The predicted molar refractivity (Wildman–Crippen MR) is 89.8 cm³/mol. The molecule has 0 bridgehead atoms. The fourth-order valence-corrected chi connectivity index (χ4v) is 3.35. The molecule has 1 fully saturated rings. The summed E-state index contributed by atoms with van der Waals surface area (Å²) < 4.78 is 5.39. The molecule has 23 heavy (non-hydrogen) atoms. The number of aryl methyl sites for hydroxylation is 2. The summed E-state index contributed by atoms with van der Waals surface area (Å²) in [5.41, 5.74) is 2.55. The number of nitrogens with one attached hydrogen (secondary N) is 1. The highest BCUT2D eigenvalue weighted by Crippen LogP contribution is 2.36. The van der Waals surface area contributed by atoms with Gasteiger partial charge >= 0.3 is 6.03 Å². The zero-order valence-corrected chi connectivity index (χ0v) is 14.1. The van der Waals surface area contributed by atoms with Crippen molar-refractivity contribution < 1.29 is 9.32 Å². The third-order valence-electron chi connectivity index (χ3n) is 4.27. The summed E-state index contributed by atoms with van der Waals surface area (Å²) in [6, 6.07) is 7.13. The van der Waals surface area contributed by atoms with E-state index < -0.39 is 0 Å². The van der Waals surface area contributed by atoms with E-state index in [0.717, 1.165) is 36.3 Å². The molecule has 2 amide bonds. The number of halogens is 1. The second-order valence-electron chi connectivity index (χ2n) is 5.72. The third-order valence-corrected chi connectivity index (χ3v) is 4.60. The van der Waals surface area contributed by atoms with Crippen molar-refractivity contribution in [2.24, 2.45) is 0 Å². The van der Waals surface area contributed by atoms with Gasteiger partial charge in [0.25, 0.3) is 0 Å². The van der Waals surface area contributed by atoms with Crippen LogP contribution in [0.1, 0.15) is 42.8 Å². The zero-order chi connectivity index (χ0) is 16.4. The Labute approximate surface area is 140 Å². The molecule has 1 aromatic heterocycles. The van der Waals surface area contributed by atoms with Crippen LogP contribution in [0.25, 0.3) is 0 Å². The molecule has 1 aliphatic rings. The number of amides is 2. The summed E-state index contributed by atoms with van der Waals surface area (Å²) >= 11 is 6.13. The number of hydrogen-bond donors (Lipinski definition) is 1. The first kappa shape index (κ1) is 15.9. The maximum atomic E-state index is 12.7. The minimum absolute atomic E-state index is 0.0127. The van der Waals surface area contributed by atoms with Gasteiger partial charge in [-0.3, -0.25) is 0 Å². The maximum Gasteiger partial charge on any atom is 0.322 e. The first-order valence-electron chi connectivity index (χ1n) is 7.89. The van der Waals surface area contributed by atoms with Crippen molar-refractivity contribution in [3.63, 3.8) is 0 Å². The van der Waals surface area contributed by atoms with Gasteiger partial charge in [0.15, 0.2) is 0 Å². The molecule has 122 valence electrons. The van der Waals surface area contributed by atoms with Crippen LogP contribution < -0.4 is 5.32 Å². The molecule has 5 nitrogen and oxygen atoms in total. The molecule has 0 saturated carbocycles. The van der Waals surface area contributed by atoms with Gasteiger partial charge in [-0.15, -0.1) is 0 Å². The van der Waals surface area contributed by atoms with E-state index >= 15 is 0 Å². The Balaban J connectivity index is 1.83. The lowest BCUT2D eigenvalue weighted by atomic mass is 10.0. The largest absolute Gasteiger partial charge is 0.361 e. The molecular weight excluding hydrogens is 314 g/mol. The number of benzene rings is 1. The Bertz CT molecular complexity index is 714. The first-order valence-corrected chi connectivity index (χ1v) is 8.26. The molecule has 3 rings (SSSR count). The molecule has 0 aliphatic carbocycles. The summed E-state index contributed by atoms with van der Waals surface area (Å²) in [6.07, 6.45) is 2.66. The first-order chi connectivity index (χ1) is 11.1. The SMILES string of the molecule is CCc1onc(C)c1[C@H]1CCCN1C(=O)Nc1ccccc1Cl. The smallest absolute Gasteiger partial charge is 0.322 e. The van der Waals surface area contributed by atoms with Crippen LogP contribution >= 0.6 is 11.6 Å². The molecule has 6 heteroatoms. The summed E-state index contributed by atoms with van der Waals surface area (Å²) in [5, 5.41) is 7.51. The number of carbonyl (C=O) groups is 1. The van der Waals surface area contributed by atoms with Crippen molar-refractivity contribution in [3.8, 4) is 0 Å². The number of para-hydroxylation sites is 1. The van der Waals surface area contributed by atoms with Crippen LogP contribution in [0.15, 0.2) is 28.8 Å². The van der Waals surface area contributed by atoms with Crippen LogP contribution in [0, 0.1) is 6.92 Å². The van der Waals surface area contributed by atoms with E-state index in [1.165, 1.54) is 0 Å². The van der Waals surface area contributed by atoms with Gasteiger partial charge in [-0.2, -0.15) is 0 Å². The van der Waals surface area contributed by atoms with Gasteiger partial charge < -0.3 is 14.7 Å². The average Bonchev–Trinajstić information content (AvgIpc) is 3.15. The summed E-state index contributed by atoms with van der Waals surface area (Å²) in [4.78, 5) is 14.5. The molecule has 0 unspecified atom stereocenters. The van der Waals surface area contributed by atoms with E-state index in [4.69, 9.17) is 16.1 Å². The second-order valence-corrected chi connectivity index (χ2v) is 6.13. The monoisotopic (exact) mass is 333 g/mol. The standard InChI is InChI=1S/C17H20ClN3O2/c1-3-15-16(11(2)20-23-15)14-9-6-10-21(14)17(22)19-13-8-5-4-7-12(13)18/h4-5,7-8,14H,3,6,9-10H2,1-2H3,(H,19,22)/t14-/m1/s1. The molecule has 2 aromatic rings. The summed E-state index contributed by atoms with van der Waals surface area (Å²) in [5.74, 6) is 0.866. The predicted octanol–water partition coefficient (Wildman–Crippen LogP) is 4.57. The van der Waals surface area contributed by atoms with Gasteiger partial charge in [0, 0.05) is 18.5 Å². The topological polar surface area (TPSA) is 58.4 Å². The fourth-order valence-electron chi connectivity index (χ4n) is 3.17. The number of urea groups is 1. The highest BCUT2D eigenvalue weighted by atomic mass is 35.5. The molecular formula is C17H20ClN3O2. The number of aromatic nitrogens is 1. The minimum atomic E-state index is -0.136. The second kappa shape index (κ2) is 6.62. The van der Waals surface area contributed by atoms with Gasteiger partial charge in [0.05, 0.1) is 22.4 Å². The van der Waals surface area contributed by atoms with Crippen LogP contribution in [0.4, 0.5) is 10.5 Å². The summed E-state index contributed by atoms with van der Waals surface area (Å²) in [6.45, 7) is 4.68. The van der Waals surface area contributed by atoms with E-state index in [1.807, 2.05) is 30.9 Å². The molecule has 1 atom stereocenters. The van der Waals surface area contributed by atoms with Gasteiger partial charge in [-0.25, -0.2) is 4.79 Å². The molecule has 0 radical (unpaired) electrons. The van der Waals surface area contributed by atoms with Crippen molar-refractivity contribution in [2.45, 2.75) is 39.2 Å². The summed E-state index contributed by atoms with van der Waals surface area (Å²) in [7, 11) is 0. The Morgan fingerprint density at radius 2 is 2.26 bits per heavy atom. The van der Waals surface area contributed by atoms with Crippen LogP contribution in [0.2, 0.25) is 5.02 Å². The Kier molecular flexibility index (Phi) is 4.57. The number of carbonyl (C=O) groups excluding carboxylic acids is 1. The van der Waals surface area contributed by atoms with E-state index in [-0.39, 0.29) is 12.1 Å². The van der Waals surface area contributed by atoms with Crippen molar-refractivity contribution in [3.05, 3.63) is 46.3 Å². The van der Waals surface area contributed by atoms with Crippen LogP contribution in [0.3, 0.4) is 0 Å². The molecule has 1 N–H and O–H groups in total. The number of hydrogen-bond acceptors (Lipinski definition) is 3. The Hall–Kier alpha value is -2.01. The van der Waals surface area contributed by atoms with Crippen molar-refractivity contribution in [1.29, 1.82) is 0 Å². The molecule has 1 aliphatic heterocycles. The van der Waals surface area contributed by atoms with Gasteiger partial charge in [0.2, 0.25) is 0 Å². The highest BCUT2D eigenvalue weighted by Gasteiger charge is 2.34. The lowest BCUT2D eigenvalue weighted by molar-refractivity contribution is 0.206. The van der Waals surface area contributed by atoms with Crippen LogP contribution in [0.5, 0.6) is 0 Å². The van der Waals surface area contributed by atoms with E-state index in [9.17, 15) is 4.79 Å². The van der Waals surface area contributed by atoms with Crippen LogP contribution in [-0.4, -0.2) is 22.6 Å². The third kappa shape index (κ3) is 3.06. The van der Waals surface area contributed by atoms with Crippen molar-refractivity contribution >= 4 is 23.3 Å². The number of rotatable bonds is 3. The lowest BCUT2D eigenvalue weighted by Crippen LogP contribution is -2.35. The molecule has 1 aromatic carbocycles. The quantitative estimate of drug-likeness (QED) is 0.895. The minimum Gasteiger partial charge on any atom is -0.361 e. The fraction of sp³-hybridized carbons (Fsp3) is 0.412. The molecule has 2 heterocycles. The number of anilines is 1. The number of nitrogens with zero attached hydrogens (tertiary/aromatic N) is 2. The van der Waals surface area contributed by atoms with Crippen molar-refractivity contribution in [2.75, 3.05) is 11.9 Å². The Morgan fingerprint density at radius 1 is 1.48 bits per heavy atom. The van der Waals surface area contributed by atoms with E-state index in [0.29, 0.717) is 17.3 Å². The van der Waals surface area contributed by atoms with E-state index in [1.54, 1.807) is 12.1 Å². The lowest BCUT2D eigenvalue weighted by Gasteiger charge is -2.25. The maximum absolute atomic E-state index is 12.7. The average molecular weight is 334 g/mol. The number of likely N-dealkylation sites (tertiary alicyclic amines) is 1. The zero-order valence-electron chi connectivity index (χ0n) is 13.3. The van der Waals surface area contributed by atoms with Gasteiger partial charge in [0.1, 0.15) is 5.76 Å². The molecule has 1 saturated heterocycles. The van der Waals surface area contributed by atoms with Gasteiger partial charge in [-0.05, 0) is 31.9 Å². The normalized spacial score (nSPS) is 17.5. The van der Waals surface area contributed by atoms with Crippen LogP contribution in [-0.2, 0) is 6.42 Å². The highest BCUT2D eigenvalue weighted by molar-refractivity contribution is 6.33. The van der Waals surface area contributed by atoms with Crippen molar-refractivity contribution in [1.82, 2.24) is 10.1 Å².